The van der Waals surface area contributed by atoms with E-state index < -0.39 is 6.10 Å². The third kappa shape index (κ3) is 4.20. The maximum atomic E-state index is 13.9. The highest BCUT2D eigenvalue weighted by Gasteiger charge is 2.19. The van der Waals surface area contributed by atoms with Gasteiger partial charge in [0.15, 0.2) is 0 Å². The van der Waals surface area contributed by atoms with Gasteiger partial charge in [-0.15, -0.1) is 0 Å². The van der Waals surface area contributed by atoms with Crippen LogP contribution in [0.25, 0.3) is 0 Å². The minimum absolute atomic E-state index is 0.288. The lowest BCUT2D eigenvalue weighted by Gasteiger charge is -2.31. The molecule has 2 nitrogen and oxygen atoms in total. The third-order valence-electron chi connectivity index (χ3n) is 3.38. The minimum atomic E-state index is -0.788. The fourth-order valence-corrected chi connectivity index (χ4v) is 2.38. The summed E-state index contributed by atoms with van der Waals surface area (Å²) in [6.07, 6.45) is 2.63. The molecule has 108 valence electrons. The molecule has 19 heavy (non-hydrogen) atoms. The number of halogens is 1. The van der Waals surface area contributed by atoms with E-state index in [1.54, 1.807) is 13.0 Å². The van der Waals surface area contributed by atoms with Crippen LogP contribution in [-0.4, -0.2) is 17.7 Å². The van der Waals surface area contributed by atoms with E-state index >= 15 is 0 Å². The maximum absolute atomic E-state index is 13.9. The predicted octanol–water partition coefficient (Wildman–Crippen LogP) is 4.28. The summed E-state index contributed by atoms with van der Waals surface area (Å²) in [6.45, 7) is 8.88. The normalized spacial score (nSPS) is 12.8. The summed E-state index contributed by atoms with van der Waals surface area (Å²) in [7, 11) is 0. The highest BCUT2D eigenvalue weighted by Crippen LogP contribution is 2.30. The first-order chi connectivity index (χ1) is 8.99. The lowest BCUT2D eigenvalue weighted by molar-refractivity contribution is 0.194. The first kappa shape index (κ1) is 16.0. The number of aliphatic hydroxyl groups excluding tert-OH is 1. The number of hydrogen-bond donors (Lipinski definition) is 1. The molecule has 0 aromatic heterocycles. The molecule has 0 radical (unpaired) electrons. The molecule has 0 fully saturated rings. The zero-order valence-electron chi connectivity index (χ0n) is 12.5. The molecule has 1 aromatic rings. The van der Waals surface area contributed by atoms with Gasteiger partial charge in [-0.3, -0.25) is 0 Å². The molecule has 1 atom stereocenters. The molecule has 1 rings (SSSR count). The Bertz CT molecular complexity index is 390. The van der Waals surface area contributed by atoms with Gasteiger partial charge in [0, 0.05) is 23.8 Å². The Labute approximate surface area is 116 Å². The fourth-order valence-electron chi connectivity index (χ4n) is 2.38. The van der Waals surface area contributed by atoms with Crippen LogP contribution in [0.5, 0.6) is 0 Å². The minimum Gasteiger partial charge on any atom is -0.389 e. The summed E-state index contributed by atoms with van der Waals surface area (Å²) in [4.78, 5) is 2.18. The molecule has 0 bridgehead atoms. The Morgan fingerprint density at radius 3 is 2.42 bits per heavy atom. The van der Waals surface area contributed by atoms with Gasteiger partial charge in [-0.25, -0.2) is 4.39 Å². The predicted molar refractivity (Wildman–Crippen MR) is 79.0 cm³/mol. The van der Waals surface area contributed by atoms with E-state index in [0.29, 0.717) is 5.56 Å². The van der Waals surface area contributed by atoms with Gasteiger partial charge in [0.1, 0.15) is 5.82 Å². The van der Waals surface area contributed by atoms with Crippen LogP contribution in [-0.2, 0) is 0 Å². The highest BCUT2D eigenvalue weighted by atomic mass is 19.1. The van der Waals surface area contributed by atoms with Crippen LogP contribution in [0.2, 0.25) is 0 Å². The molecule has 0 heterocycles. The monoisotopic (exact) mass is 267 g/mol. The maximum Gasteiger partial charge on any atom is 0.131 e. The van der Waals surface area contributed by atoms with Crippen molar-refractivity contribution in [2.24, 2.45) is 0 Å². The van der Waals surface area contributed by atoms with Crippen LogP contribution in [0.1, 0.15) is 58.6 Å². The smallest absolute Gasteiger partial charge is 0.131 e. The van der Waals surface area contributed by atoms with Crippen LogP contribution in [0.15, 0.2) is 18.2 Å². The van der Waals surface area contributed by atoms with Crippen molar-refractivity contribution in [1.82, 2.24) is 0 Å². The number of aliphatic hydroxyl groups is 1. The second-order valence-electron chi connectivity index (χ2n) is 5.34. The molecule has 0 aliphatic heterocycles. The topological polar surface area (TPSA) is 23.5 Å². The average molecular weight is 267 g/mol. The molecule has 0 unspecified atom stereocenters. The van der Waals surface area contributed by atoms with E-state index in [1.807, 2.05) is 6.07 Å². The van der Waals surface area contributed by atoms with E-state index in [0.717, 1.165) is 18.7 Å². The SMILES string of the molecule is CCCCCN(c1cccc(F)c1[C@H](C)O)C(C)C. The van der Waals surface area contributed by atoms with Crippen molar-refractivity contribution in [3.63, 3.8) is 0 Å². The first-order valence-corrected chi connectivity index (χ1v) is 7.22. The summed E-state index contributed by atoms with van der Waals surface area (Å²) in [6, 6.07) is 5.31. The molecular weight excluding hydrogens is 241 g/mol. The summed E-state index contributed by atoms with van der Waals surface area (Å²) in [5.74, 6) is -0.325. The van der Waals surface area contributed by atoms with Crippen molar-refractivity contribution in [3.8, 4) is 0 Å². The summed E-state index contributed by atoms with van der Waals surface area (Å²) < 4.78 is 13.9. The highest BCUT2D eigenvalue weighted by molar-refractivity contribution is 5.55. The zero-order chi connectivity index (χ0) is 14.4. The molecular formula is C16H26FNO. The summed E-state index contributed by atoms with van der Waals surface area (Å²) >= 11 is 0. The molecule has 1 aromatic carbocycles. The van der Waals surface area contributed by atoms with Gasteiger partial charge < -0.3 is 10.0 Å². The van der Waals surface area contributed by atoms with Crippen LogP contribution < -0.4 is 4.90 Å². The van der Waals surface area contributed by atoms with Gasteiger partial charge in [-0.1, -0.05) is 25.8 Å². The van der Waals surface area contributed by atoms with E-state index in [4.69, 9.17) is 0 Å². The van der Waals surface area contributed by atoms with Gasteiger partial charge in [0.25, 0.3) is 0 Å². The van der Waals surface area contributed by atoms with Gasteiger partial charge in [-0.05, 0) is 39.3 Å². The van der Waals surface area contributed by atoms with E-state index in [9.17, 15) is 9.50 Å². The standard InChI is InChI=1S/C16H26FNO/c1-5-6-7-11-18(12(2)3)15-10-8-9-14(17)16(15)13(4)19/h8-10,12-13,19H,5-7,11H2,1-4H3/t13-/m0/s1. The first-order valence-electron chi connectivity index (χ1n) is 7.22. The Kier molecular flexibility index (Phi) is 6.29. The van der Waals surface area contributed by atoms with Crippen molar-refractivity contribution < 1.29 is 9.50 Å². The summed E-state index contributed by atoms with van der Waals surface area (Å²) in [5.41, 5.74) is 1.23. The molecule has 0 aliphatic carbocycles. The van der Waals surface area contributed by atoms with Crippen LogP contribution in [0.4, 0.5) is 10.1 Å². The van der Waals surface area contributed by atoms with Crippen molar-refractivity contribution in [1.29, 1.82) is 0 Å². The van der Waals surface area contributed by atoms with Crippen molar-refractivity contribution in [3.05, 3.63) is 29.6 Å². The van der Waals surface area contributed by atoms with Crippen LogP contribution in [0, 0.1) is 5.82 Å². The Morgan fingerprint density at radius 2 is 1.89 bits per heavy atom. The number of benzene rings is 1. The Balaban J connectivity index is 3.05. The van der Waals surface area contributed by atoms with Gasteiger partial charge in [0.2, 0.25) is 0 Å². The second kappa shape index (κ2) is 7.49. The molecule has 0 aliphatic rings. The number of hydrogen-bond acceptors (Lipinski definition) is 2. The number of nitrogens with zero attached hydrogens (tertiary/aromatic N) is 1. The third-order valence-corrected chi connectivity index (χ3v) is 3.38. The van der Waals surface area contributed by atoms with E-state index in [-0.39, 0.29) is 11.9 Å². The quantitative estimate of drug-likeness (QED) is 0.745. The molecule has 0 saturated heterocycles. The molecule has 3 heteroatoms. The largest absolute Gasteiger partial charge is 0.389 e. The number of unbranched alkanes of at least 4 members (excludes halogenated alkanes) is 2. The van der Waals surface area contributed by atoms with Crippen molar-refractivity contribution >= 4 is 5.69 Å². The van der Waals surface area contributed by atoms with Gasteiger partial charge in [-0.2, -0.15) is 0 Å². The molecule has 0 spiro atoms. The van der Waals surface area contributed by atoms with Crippen LogP contribution >= 0.6 is 0 Å². The number of rotatable bonds is 7. The number of anilines is 1. The molecule has 1 N–H and O–H groups in total. The van der Waals surface area contributed by atoms with E-state index in [1.165, 1.54) is 18.9 Å². The Hall–Kier alpha value is -1.09. The molecule has 0 amide bonds. The zero-order valence-corrected chi connectivity index (χ0v) is 12.5. The van der Waals surface area contributed by atoms with Crippen molar-refractivity contribution in [2.45, 2.75) is 59.1 Å². The van der Waals surface area contributed by atoms with Crippen LogP contribution in [0.3, 0.4) is 0 Å². The second-order valence-corrected chi connectivity index (χ2v) is 5.34. The fraction of sp³-hybridized carbons (Fsp3) is 0.625. The van der Waals surface area contributed by atoms with E-state index in [2.05, 4.69) is 25.7 Å². The average Bonchev–Trinajstić information content (AvgIpc) is 2.33. The van der Waals surface area contributed by atoms with Gasteiger partial charge >= 0.3 is 0 Å². The van der Waals surface area contributed by atoms with Crippen molar-refractivity contribution in [2.75, 3.05) is 11.4 Å². The lowest BCUT2D eigenvalue weighted by Crippen LogP contribution is -2.33. The summed E-state index contributed by atoms with van der Waals surface area (Å²) in [5, 5.41) is 9.82. The Morgan fingerprint density at radius 1 is 1.21 bits per heavy atom. The lowest BCUT2D eigenvalue weighted by atomic mass is 10.0. The molecule has 0 saturated carbocycles. The van der Waals surface area contributed by atoms with Gasteiger partial charge in [0.05, 0.1) is 6.10 Å².